The summed E-state index contributed by atoms with van der Waals surface area (Å²) < 4.78 is 1.85. The van der Waals surface area contributed by atoms with Crippen molar-refractivity contribution in [3.63, 3.8) is 0 Å². The molecule has 78 valence electrons. The highest BCUT2D eigenvalue weighted by Gasteiger charge is 2.05. The molecule has 0 saturated carbocycles. The molecule has 2 aromatic rings. The zero-order valence-corrected chi connectivity index (χ0v) is 10.6. The number of hydrogen-bond donors (Lipinski definition) is 0. The zero-order chi connectivity index (χ0) is 10.8. The molecule has 2 nitrogen and oxygen atoms in total. The summed E-state index contributed by atoms with van der Waals surface area (Å²) in [6.45, 7) is 1.99. The zero-order valence-electron chi connectivity index (χ0n) is 8.24. The summed E-state index contributed by atoms with van der Waals surface area (Å²) in [5.41, 5.74) is 3.08. The van der Waals surface area contributed by atoms with Gasteiger partial charge in [0.1, 0.15) is 0 Å². The van der Waals surface area contributed by atoms with Crippen LogP contribution >= 0.6 is 27.5 Å². The molecule has 0 amide bonds. The van der Waals surface area contributed by atoms with Crippen LogP contribution < -0.4 is 0 Å². The topological polar surface area (TPSA) is 17.8 Å². The normalized spacial score (nSPS) is 10.6. The maximum absolute atomic E-state index is 6.05. The summed E-state index contributed by atoms with van der Waals surface area (Å²) in [6, 6.07) is 7.80. The number of aromatic nitrogens is 2. The Morgan fingerprint density at radius 1 is 1.40 bits per heavy atom. The molecule has 0 fully saturated rings. The van der Waals surface area contributed by atoms with E-state index in [4.69, 9.17) is 11.6 Å². The van der Waals surface area contributed by atoms with E-state index in [9.17, 15) is 0 Å². The number of nitrogens with zero attached hydrogens (tertiary/aromatic N) is 2. The molecule has 0 saturated heterocycles. The van der Waals surface area contributed by atoms with Crippen molar-refractivity contribution < 1.29 is 0 Å². The molecule has 4 heteroatoms. The summed E-state index contributed by atoms with van der Waals surface area (Å²) in [7, 11) is 0. The van der Waals surface area contributed by atoms with Gasteiger partial charge in [-0.1, -0.05) is 33.6 Å². The Morgan fingerprint density at radius 3 is 2.87 bits per heavy atom. The van der Waals surface area contributed by atoms with Gasteiger partial charge in [0.15, 0.2) is 0 Å². The average Bonchev–Trinajstić information content (AvgIpc) is 2.70. The van der Waals surface area contributed by atoms with Crippen LogP contribution in [0.15, 0.2) is 30.5 Å². The van der Waals surface area contributed by atoms with Crippen LogP contribution in [0.1, 0.15) is 11.3 Å². The Bertz CT molecular complexity index is 479. The summed E-state index contributed by atoms with van der Waals surface area (Å²) in [5.74, 6) is 0. The minimum absolute atomic E-state index is 0.764. The Labute approximate surface area is 102 Å². The molecule has 1 heterocycles. The molecule has 0 bridgehead atoms. The van der Waals surface area contributed by atoms with Gasteiger partial charge in [-0.05, 0) is 30.7 Å². The molecular weight excluding hydrogens is 275 g/mol. The largest absolute Gasteiger partial charge is 0.240 e. The quantitative estimate of drug-likeness (QED) is 0.769. The third-order valence-electron chi connectivity index (χ3n) is 2.27. The van der Waals surface area contributed by atoms with Crippen molar-refractivity contribution in [2.75, 3.05) is 0 Å². The number of halogens is 2. The van der Waals surface area contributed by atoms with Crippen LogP contribution in [-0.2, 0) is 5.33 Å². The van der Waals surface area contributed by atoms with Crippen molar-refractivity contribution in [1.82, 2.24) is 9.78 Å². The fourth-order valence-corrected chi connectivity index (χ4v) is 1.88. The minimum atomic E-state index is 0.764. The molecule has 0 N–H and O–H groups in total. The average molecular weight is 286 g/mol. The maximum Gasteiger partial charge on any atom is 0.0734 e. The summed E-state index contributed by atoms with van der Waals surface area (Å²) >= 11 is 9.43. The first-order valence-electron chi connectivity index (χ1n) is 4.58. The van der Waals surface area contributed by atoms with E-state index >= 15 is 0 Å². The Kier molecular flexibility index (Phi) is 3.12. The van der Waals surface area contributed by atoms with Gasteiger partial charge in [-0.3, -0.25) is 0 Å². The second-order valence-electron chi connectivity index (χ2n) is 3.27. The van der Waals surface area contributed by atoms with Crippen molar-refractivity contribution >= 4 is 27.5 Å². The van der Waals surface area contributed by atoms with Crippen LogP contribution in [0.3, 0.4) is 0 Å². The highest BCUT2D eigenvalue weighted by Crippen LogP contribution is 2.21. The van der Waals surface area contributed by atoms with Gasteiger partial charge in [0.25, 0.3) is 0 Å². The van der Waals surface area contributed by atoms with Crippen LogP contribution in [0.25, 0.3) is 5.69 Å². The third kappa shape index (κ3) is 2.08. The van der Waals surface area contributed by atoms with Gasteiger partial charge in [0, 0.05) is 16.5 Å². The highest BCUT2D eigenvalue weighted by molar-refractivity contribution is 9.08. The lowest BCUT2D eigenvalue weighted by molar-refractivity contribution is 0.854. The van der Waals surface area contributed by atoms with E-state index < -0.39 is 0 Å². The van der Waals surface area contributed by atoms with Crippen LogP contribution in [0, 0.1) is 6.92 Å². The molecule has 0 aliphatic heterocycles. The van der Waals surface area contributed by atoms with E-state index in [-0.39, 0.29) is 0 Å². The Hall–Kier alpha value is -0.800. The van der Waals surface area contributed by atoms with Crippen molar-refractivity contribution in [2.45, 2.75) is 12.3 Å². The lowest BCUT2D eigenvalue weighted by Gasteiger charge is -2.06. The van der Waals surface area contributed by atoms with Crippen LogP contribution in [0.4, 0.5) is 0 Å². The molecule has 1 aromatic carbocycles. The predicted octanol–water partition coefficient (Wildman–Crippen LogP) is 3.73. The summed E-state index contributed by atoms with van der Waals surface area (Å²) in [6.07, 6.45) is 1.94. The molecule has 0 radical (unpaired) electrons. The van der Waals surface area contributed by atoms with Crippen LogP contribution in [0.2, 0.25) is 5.02 Å². The second kappa shape index (κ2) is 4.37. The number of rotatable bonds is 2. The first-order valence-corrected chi connectivity index (χ1v) is 6.08. The summed E-state index contributed by atoms with van der Waals surface area (Å²) in [5, 5.41) is 5.94. The van der Waals surface area contributed by atoms with E-state index in [0.717, 1.165) is 27.3 Å². The van der Waals surface area contributed by atoms with Crippen molar-refractivity contribution in [3.05, 3.63) is 46.7 Å². The van der Waals surface area contributed by atoms with Gasteiger partial charge in [-0.15, -0.1) is 0 Å². The predicted molar refractivity (Wildman–Crippen MR) is 65.9 cm³/mol. The highest BCUT2D eigenvalue weighted by atomic mass is 79.9. The molecule has 1 aromatic heterocycles. The van der Waals surface area contributed by atoms with E-state index in [1.54, 1.807) is 0 Å². The van der Waals surface area contributed by atoms with Gasteiger partial charge in [-0.2, -0.15) is 5.10 Å². The number of benzene rings is 1. The molecule has 0 unspecified atom stereocenters. The third-order valence-corrected chi connectivity index (χ3v) is 3.25. The van der Waals surface area contributed by atoms with Crippen molar-refractivity contribution in [3.8, 4) is 5.69 Å². The van der Waals surface area contributed by atoms with Gasteiger partial charge >= 0.3 is 0 Å². The lowest BCUT2D eigenvalue weighted by atomic mass is 10.2. The fraction of sp³-hybridized carbons (Fsp3) is 0.182. The molecule has 0 spiro atoms. The molecular formula is C11H10BrClN2. The van der Waals surface area contributed by atoms with E-state index in [2.05, 4.69) is 21.0 Å². The van der Waals surface area contributed by atoms with E-state index in [0.29, 0.717) is 0 Å². The lowest BCUT2D eigenvalue weighted by Crippen LogP contribution is -1.98. The molecule has 0 atom stereocenters. The van der Waals surface area contributed by atoms with Gasteiger partial charge < -0.3 is 0 Å². The van der Waals surface area contributed by atoms with Gasteiger partial charge in [0.05, 0.1) is 11.4 Å². The fourth-order valence-electron chi connectivity index (χ4n) is 1.41. The molecule has 0 aliphatic rings. The smallest absolute Gasteiger partial charge is 0.0734 e. The number of alkyl halides is 1. The van der Waals surface area contributed by atoms with E-state index in [1.807, 2.05) is 42.1 Å². The summed E-state index contributed by atoms with van der Waals surface area (Å²) in [4.78, 5) is 0. The minimum Gasteiger partial charge on any atom is -0.240 e. The first kappa shape index (κ1) is 10.7. The standard InChI is InChI=1S/C11H10BrClN2/c1-8-10(13)3-2-4-11(8)15-6-5-9(7-12)14-15/h2-6H,7H2,1H3. The van der Waals surface area contributed by atoms with Crippen molar-refractivity contribution in [2.24, 2.45) is 0 Å². The monoisotopic (exact) mass is 284 g/mol. The number of hydrogen-bond acceptors (Lipinski definition) is 1. The SMILES string of the molecule is Cc1c(Cl)cccc1-n1ccc(CBr)n1. The second-order valence-corrected chi connectivity index (χ2v) is 4.24. The van der Waals surface area contributed by atoms with Gasteiger partial charge in [-0.25, -0.2) is 4.68 Å². The first-order chi connectivity index (χ1) is 7.22. The molecule has 15 heavy (non-hydrogen) atoms. The maximum atomic E-state index is 6.05. The van der Waals surface area contributed by atoms with Gasteiger partial charge in [0.2, 0.25) is 0 Å². The van der Waals surface area contributed by atoms with E-state index in [1.165, 1.54) is 0 Å². The Morgan fingerprint density at radius 2 is 2.20 bits per heavy atom. The van der Waals surface area contributed by atoms with Crippen molar-refractivity contribution in [1.29, 1.82) is 0 Å². The van der Waals surface area contributed by atoms with Crippen LogP contribution in [-0.4, -0.2) is 9.78 Å². The van der Waals surface area contributed by atoms with Crippen LogP contribution in [0.5, 0.6) is 0 Å². The molecule has 0 aliphatic carbocycles. The Balaban J connectivity index is 2.49. The molecule has 2 rings (SSSR count).